The van der Waals surface area contributed by atoms with E-state index in [9.17, 15) is 0 Å². The third-order valence-electron chi connectivity index (χ3n) is 2.57. The van der Waals surface area contributed by atoms with Crippen molar-refractivity contribution in [2.24, 2.45) is 7.05 Å². The Morgan fingerprint density at radius 1 is 1.53 bits per heavy atom. The van der Waals surface area contributed by atoms with Crippen LogP contribution in [0, 0.1) is 6.92 Å². The molecule has 92 valence electrons. The minimum absolute atomic E-state index is 0.836. The lowest BCUT2D eigenvalue weighted by Gasteiger charge is -2.04. The van der Waals surface area contributed by atoms with E-state index in [0.717, 1.165) is 23.8 Å². The van der Waals surface area contributed by atoms with Crippen LogP contribution in [-0.4, -0.2) is 16.8 Å². The smallest absolute Gasteiger partial charge is 0.114 e. The zero-order valence-corrected chi connectivity index (χ0v) is 11.2. The van der Waals surface area contributed by atoms with E-state index in [-0.39, 0.29) is 0 Å². The van der Waals surface area contributed by atoms with Crippen molar-refractivity contribution in [2.75, 3.05) is 7.05 Å². The predicted octanol–water partition coefficient (Wildman–Crippen LogP) is 2.33. The molecule has 0 radical (unpaired) electrons. The Morgan fingerprint density at radius 3 is 3.00 bits per heavy atom. The van der Waals surface area contributed by atoms with Crippen LogP contribution in [0.5, 0.6) is 0 Å². The third-order valence-corrected chi connectivity index (χ3v) is 3.79. The zero-order chi connectivity index (χ0) is 12.3. The molecule has 4 nitrogen and oxygen atoms in total. The van der Waals surface area contributed by atoms with Gasteiger partial charge in [-0.3, -0.25) is 4.68 Å². The summed E-state index contributed by atoms with van der Waals surface area (Å²) in [5.41, 5.74) is 2.36. The van der Waals surface area contributed by atoms with E-state index in [0.29, 0.717) is 0 Å². The SMILES string of the molecule is CNCc1c(C)nn(C)c1SCc1ccco1. The van der Waals surface area contributed by atoms with Gasteiger partial charge in [-0.25, -0.2) is 0 Å². The standard InChI is InChI=1S/C12H17N3OS/c1-9-11(7-13-2)12(15(3)14-9)17-8-10-5-4-6-16-10/h4-6,13H,7-8H2,1-3H3. The fourth-order valence-corrected chi connectivity index (χ4v) is 2.84. The second kappa shape index (κ2) is 5.42. The van der Waals surface area contributed by atoms with Crippen LogP contribution in [0.3, 0.4) is 0 Å². The Hall–Kier alpha value is -1.20. The molecule has 0 saturated heterocycles. The molecule has 0 atom stereocenters. The number of rotatable bonds is 5. The summed E-state index contributed by atoms with van der Waals surface area (Å²) in [6.45, 7) is 2.89. The molecule has 0 aliphatic carbocycles. The zero-order valence-electron chi connectivity index (χ0n) is 10.4. The highest BCUT2D eigenvalue weighted by molar-refractivity contribution is 7.98. The Kier molecular flexibility index (Phi) is 3.91. The Morgan fingerprint density at radius 2 is 2.35 bits per heavy atom. The minimum Gasteiger partial charge on any atom is -0.468 e. The molecule has 2 heterocycles. The summed E-state index contributed by atoms with van der Waals surface area (Å²) in [6.07, 6.45) is 1.71. The van der Waals surface area contributed by atoms with Gasteiger partial charge in [0.2, 0.25) is 0 Å². The van der Waals surface area contributed by atoms with Gasteiger partial charge in [0, 0.05) is 19.2 Å². The first-order valence-electron chi connectivity index (χ1n) is 5.54. The van der Waals surface area contributed by atoms with Gasteiger partial charge in [-0.2, -0.15) is 5.10 Å². The molecule has 0 spiro atoms. The minimum atomic E-state index is 0.836. The van der Waals surface area contributed by atoms with Crippen LogP contribution >= 0.6 is 11.8 Å². The maximum absolute atomic E-state index is 5.34. The van der Waals surface area contributed by atoms with Crippen molar-refractivity contribution in [1.29, 1.82) is 0 Å². The molecule has 0 fully saturated rings. The van der Waals surface area contributed by atoms with Crippen molar-refractivity contribution in [1.82, 2.24) is 15.1 Å². The van der Waals surface area contributed by atoms with Gasteiger partial charge >= 0.3 is 0 Å². The van der Waals surface area contributed by atoms with Gasteiger partial charge in [-0.15, -0.1) is 0 Å². The summed E-state index contributed by atoms with van der Waals surface area (Å²) < 4.78 is 7.28. The topological polar surface area (TPSA) is 43.0 Å². The van der Waals surface area contributed by atoms with Crippen LogP contribution in [-0.2, 0) is 19.3 Å². The largest absolute Gasteiger partial charge is 0.468 e. The number of aromatic nitrogens is 2. The van der Waals surface area contributed by atoms with Gasteiger partial charge in [-0.05, 0) is 26.1 Å². The van der Waals surface area contributed by atoms with E-state index in [2.05, 4.69) is 10.4 Å². The van der Waals surface area contributed by atoms with E-state index < -0.39 is 0 Å². The monoisotopic (exact) mass is 251 g/mol. The summed E-state index contributed by atoms with van der Waals surface area (Å²) >= 11 is 1.76. The second-order valence-electron chi connectivity index (χ2n) is 3.89. The molecule has 0 aliphatic heterocycles. The predicted molar refractivity (Wildman–Crippen MR) is 69.0 cm³/mol. The normalized spacial score (nSPS) is 11.0. The average molecular weight is 251 g/mol. The Balaban J connectivity index is 2.14. The maximum Gasteiger partial charge on any atom is 0.114 e. The number of thioether (sulfide) groups is 1. The molecule has 0 amide bonds. The fraction of sp³-hybridized carbons (Fsp3) is 0.417. The van der Waals surface area contributed by atoms with Crippen LogP contribution in [0.25, 0.3) is 0 Å². The number of nitrogens with zero attached hydrogens (tertiary/aromatic N) is 2. The molecule has 0 unspecified atom stereocenters. The summed E-state index contributed by atoms with van der Waals surface area (Å²) in [4.78, 5) is 0. The molecule has 0 bridgehead atoms. The molecular weight excluding hydrogens is 234 g/mol. The van der Waals surface area contributed by atoms with Crippen molar-refractivity contribution >= 4 is 11.8 Å². The van der Waals surface area contributed by atoms with Crippen molar-refractivity contribution in [2.45, 2.75) is 24.2 Å². The summed E-state index contributed by atoms with van der Waals surface area (Å²) in [6, 6.07) is 3.91. The Labute approximate surface area is 105 Å². The lowest BCUT2D eigenvalue weighted by molar-refractivity contribution is 0.530. The average Bonchev–Trinajstić information content (AvgIpc) is 2.88. The highest BCUT2D eigenvalue weighted by atomic mass is 32.2. The molecule has 0 aliphatic rings. The van der Waals surface area contributed by atoms with Crippen LogP contribution in [0.4, 0.5) is 0 Å². The van der Waals surface area contributed by atoms with Crippen molar-refractivity contribution in [3.8, 4) is 0 Å². The van der Waals surface area contributed by atoms with Gasteiger partial charge < -0.3 is 9.73 Å². The molecule has 0 saturated carbocycles. The first kappa shape index (κ1) is 12.3. The molecule has 2 aromatic rings. The molecule has 17 heavy (non-hydrogen) atoms. The van der Waals surface area contributed by atoms with Crippen molar-refractivity contribution in [3.05, 3.63) is 35.4 Å². The molecule has 2 rings (SSSR count). The van der Waals surface area contributed by atoms with Gasteiger partial charge in [0.15, 0.2) is 0 Å². The lowest BCUT2D eigenvalue weighted by Crippen LogP contribution is -2.06. The first-order valence-corrected chi connectivity index (χ1v) is 6.53. The van der Waals surface area contributed by atoms with Gasteiger partial charge in [0.25, 0.3) is 0 Å². The van der Waals surface area contributed by atoms with Crippen LogP contribution in [0.1, 0.15) is 17.0 Å². The van der Waals surface area contributed by atoms with Crippen LogP contribution < -0.4 is 5.32 Å². The molecular formula is C12H17N3OS. The number of hydrogen-bond donors (Lipinski definition) is 1. The van der Waals surface area contributed by atoms with E-state index in [1.807, 2.05) is 37.8 Å². The van der Waals surface area contributed by atoms with Crippen LogP contribution in [0.15, 0.2) is 27.8 Å². The molecule has 5 heteroatoms. The molecule has 2 aromatic heterocycles. The van der Waals surface area contributed by atoms with E-state index in [4.69, 9.17) is 4.42 Å². The summed E-state index contributed by atoms with van der Waals surface area (Å²) in [7, 11) is 3.93. The quantitative estimate of drug-likeness (QED) is 0.828. The summed E-state index contributed by atoms with van der Waals surface area (Å²) in [5.74, 6) is 1.83. The van der Waals surface area contributed by atoms with Gasteiger partial charge in [0.05, 0.1) is 22.7 Å². The van der Waals surface area contributed by atoms with Crippen LogP contribution in [0.2, 0.25) is 0 Å². The van der Waals surface area contributed by atoms with Crippen molar-refractivity contribution in [3.63, 3.8) is 0 Å². The lowest BCUT2D eigenvalue weighted by atomic mass is 10.3. The number of aryl methyl sites for hydroxylation is 2. The molecule has 1 N–H and O–H groups in total. The molecule has 0 aromatic carbocycles. The third kappa shape index (κ3) is 2.73. The number of furan rings is 1. The van der Waals surface area contributed by atoms with Gasteiger partial charge in [-0.1, -0.05) is 11.8 Å². The highest BCUT2D eigenvalue weighted by Crippen LogP contribution is 2.27. The highest BCUT2D eigenvalue weighted by Gasteiger charge is 2.13. The number of hydrogen-bond acceptors (Lipinski definition) is 4. The van der Waals surface area contributed by atoms with Crippen molar-refractivity contribution < 1.29 is 4.42 Å². The second-order valence-corrected chi connectivity index (χ2v) is 4.86. The summed E-state index contributed by atoms with van der Waals surface area (Å²) in [5, 5.41) is 8.84. The van der Waals surface area contributed by atoms with Gasteiger partial charge in [0.1, 0.15) is 5.76 Å². The first-order chi connectivity index (χ1) is 8.22. The Bertz CT molecular complexity index is 476. The van der Waals surface area contributed by atoms with E-state index >= 15 is 0 Å². The van der Waals surface area contributed by atoms with E-state index in [1.54, 1.807) is 18.0 Å². The number of nitrogens with one attached hydrogen (secondary N) is 1. The maximum atomic E-state index is 5.34. The fourth-order valence-electron chi connectivity index (χ4n) is 1.78. The van der Waals surface area contributed by atoms with E-state index in [1.165, 1.54) is 10.6 Å².